The molecule has 2 nitrogen and oxygen atoms in total. The predicted octanol–water partition coefficient (Wildman–Crippen LogP) is 4.06. The van der Waals surface area contributed by atoms with Gasteiger partial charge in [0.05, 0.1) is 10.6 Å². The van der Waals surface area contributed by atoms with Crippen molar-refractivity contribution >= 4 is 38.7 Å². The van der Waals surface area contributed by atoms with Crippen LogP contribution in [0.1, 0.15) is 17.4 Å². The summed E-state index contributed by atoms with van der Waals surface area (Å²) < 4.78 is 1.16. The van der Waals surface area contributed by atoms with Gasteiger partial charge >= 0.3 is 0 Å². The third-order valence-electron chi connectivity index (χ3n) is 2.38. The molecule has 0 aliphatic rings. The van der Waals surface area contributed by atoms with Crippen LogP contribution in [0, 0.1) is 6.92 Å². The van der Waals surface area contributed by atoms with Gasteiger partial charge in [-0.05, 0) is 43.0 Å². The summed E-state index contributed by atoms with van der Waals surface area (Å²) >= 11 is 7.55. The van der Waals surface area contributed by atoms with Crippen molar-refractivity contribution in [3.05, 3.63) is 33.7 Å². The molecular weight excluding hydrogens is 230 g/mol. The summed E-state index contributed by atoms with van der Waals surface area (Å²) in [6, 6.07) is 5.80. The fraction of sp³-hybridized carbons (Fsp3) is 0.182. The molecule has 0 amide bonds. The molecule has 15 heavy (non-hydrogen) atoms. The van der Waals surface area contributed by atoms with E-state index in [2.05, 4.69) is 5.16 Å². The maximum Gasteiger partial charge on any atom is 0.0939 e. The summed E-state index contributed by atoms with van der Waals surface area (Å²) in [5.41, 5.74) is 1.76. The van der Waals surface area contributed by atoms with E-state index in [0.717, 1.165) is 25.5 Å². The second kappa shape index (κ2) is 3.83. The van der Waals surface area contributed by atoms with E-state index in [1.165, 1.54) is 0 Å². The zero-order chi connectivity index (χ0) is 11.0. The van der Waals surface area contributed by atoms with E-state index in [-0.39, 0.29) is 0 Å². The van der Waals surface area contributed by atoms with Gasteiger partial charge in [0.2, 0.25) is 0 Å². The number of halogens is 1. The van der Waals surface area contributed by atoms with Gasteiger partial charge < -0.3 is 5.21 Å². The Kier molecular flexibility index (Phi) is 2.67. The van der Waals surface area contributed by atoms with E-state index in [1.54, 1.807) is 18.3 Å². The number of hydrogen-bond donors (Lipinski definition) is 1. The van der Waals surface area contributed by atoms with E-state index < -0.39 is 0 Å². The first-order chi connectivity index (χ1) is 7.13. The molecule has 2 rings (SSSR count). The van der Waals surface area contributed by atoms with Gasteiger partial charge in [0.15, 0.2) is 0 Å². The number of hydrogen-bond acceptors (Lipinski definition) is 3. The molecule has 0 bridgehead atoms. The van der Waals surface area contributed by atoms with E-state index in [0.29, 0.717) is 5.71 Å². The summed E-state index contributed by atoms with van der Waals surface area (Å²) in [4.78, 5) is 1.01. The van der Waals surface area contributed by atoms with Gasteiger partial charge in [-0.1, -0.05) is 16.8 Å². The minimum atomic E-state index is 0.643. The molecule has 2 aromatic rings. The Morgan fingerprint density at radius 3 is 2.87 bits per heavy atom. The average molecular weight is 240 g/mol. The van der Waals surface area contributed by atoms with Gasteiger partial charge in [-0.3, -0.25) is 0 Å². The molecule has 0 aliphatic heterocycles. The third-order valence-corrected chi connectivity index (χ3v) is 3.99. The number of thiophene rings is 1. The second-order valence-corrected chi connectivity index (χ2v) is 4.87. The summed E-state index contributed by atoms with van der Waals surface area (Å²) in [5, 5.41) is 13.9. The lowest BCUT2D eigenvalue weighted by Crippen LogP contribution is -1.92. The summed E-state index contributed by atoms with van der Waals surface area (Å²) in [6.07, 6.45) is 0. The normalized spacial score (nSPS) is 12.3. The second-order valence-electron chi connectivity index (χ2n) is 3.38. The topological polar surface area (TPSA) is 32.6 Å². The Labute approximate surface area is 96.8 Å². The van der Waals surface area contributed by atoms with E-state index in [9.17, 15) is 0 Å². The quantitative estimate of drug-likeness (QED) is 0.454. The number of aryl methyl sites for hydroxylation is 1. The average Bonchev–Trinajstić information content (AvgIpc) is 2.55. The molecule has 1 aromatic heterocycles. The molecule has 0 fully saturated rings. The highest BCUT2D eigenvalue weighted by atomic mass is 35.5. The highest BCUT2D eigenvalue weighted by Gasteiger charge is 2.11. The van der Waals surface area contributed by atoms with Crippen LogP contribution in [0.25, 0.3) is 10.1 Å². The standard InChI is InChI=1S/C11H10ClNOS/c1-6-9-5-8(12)3-4-10(9)15-11(6)7(2)13-14/h3-5,14H,1-2H3/b13-7-. The zero-order valence-corrected chi connectivity index (χ0v) is 9.99. The monoisotopic (exact) mass is 239 g/mol. The maximum atomic E-state index is 8.76. The van der Waals surface area contributed by atoms with Crippen molar-refractivity contribution in [3.63, 3.8) is 0 Å². The van der Waals surface area contributed by atoms with Gasteiger partial charge in [0.1, 0.15) is 0 Å². The zero-order valence-electron chi connectivity index (χ0n) is 8.41. The van der Waals surface area contributed by atoms with E-state index in [4.69, 9.17) is 16.8 Å². The predicted molar refractivity (Wildman–Crippen MR) is 65.6 cm³/mol. The fourth-order valence-electron chi connectivity index (χ4n) is 1.58. The summed E-state index contributed by atoms with van der Waals surface area (Å²) in [5.74, 6) is 0. The Hall–Kier alpha value is -1.06. The van der Waals surface area contributed by atoms with Crippen LogP contribution in [0.4, 0.5) is 0 Å². The third kappa shape index (κ3) is 1.73. The lowest BCUT2D eigenvalue weighted by Gasteiger charge is -1.95. The molecule has 1 aromatic carbocycles. The molecule has 0 saturated carbocycles. The molecule has 0 radical (unpaired) electrons. The van der Waals surface area contributed by atoms with Crippen molar-refractivity contribution in [1.82, 2.24) is 0 Å². The van der Waals surface area contributed by atoms with Crippen LogP contribution < -0.4 is 0 Å². The van der Waals surface area contributed by atoms with Crippen LogP contribution in [0.3, 0.4) is 0 Å². The van der Waals surface area contributed by atoms with E-state index >= 15 is 0 Å². The number of fused-ring (bicyclic) bond motifs is 1. The lowest BCUT2D eigenvalue weighted by molar-refractivity contribution is 0.319. The molecule has 0 spiro atoms. The van der Waals surface area contributed by atoms with Crippen molar-refractivity contribution in [2.75, 3.05) is 0 Å². The molecule has 0 unspecified atom stereocenters. The van der Waals surface area contributed by atoms with Crippen LogP contribution in [0.2, 0.25) is 5.02 Å². The minimum Gasteiger partial charge on any atom is -0.411 e. The fourth-order valence-corrected chi connectivity index (χ4v) is 2.89. The number of oxime groups is 1. The molecule has 0 aliphatic carbocycles. The van der Waals surface area contributed by atoms with Crippen molar-refractivity contribution in [3.8, 4) is 0 Å². The van der Waals surface area contributed by atoms with Crippen LogP contribution in [0.5, 0.6) is 0 Å². The molecule has 1 heterocycles. The first-order valence-corrected chi connectivity index (χ1v) is 5.70. The Morgan fingerprint density at radius 1 is 1.47 bits per heavy atom. The van der Waals surface area contributed by atoms with Gasteiger partial charge in [-0.2, -0.15) is 0 Å². The number of rotatable bonds is 1. The first-order valence-electron chi connectivity index (χ1n) is 4.51. The molecular formula is C11H10ClNOS. The SMILES string of the molecule is C/C(=N/O)c1sc2ccc(Cl)cc2c1C. The maximum absolute atomic E-state index is 8.76. The summed E-state index contributed by atoms with van der Waals surface area (Å²) in [6.45, 7) is 3.80. The summed E-state index contributed by atoms with van der Waals surface area (Å²) in [7, 11) is 0. The van der Waals surface area contributed by atoms with Gasteiger partial charge in [0, 0.05) is 9.72 Å². The van der Waals surface area contributed by atoms with Gasteiger partial charge in [0.25, 0.3) is 0 Å². The van der Waals surface area contributed by atoms with Crippen molar-refractivity contribution < 1.29 is 5.21 Å². The minimum absolute atomic E-state index is 0.643. The highest BCUT2D eigenvalue weighted by molar-refractivity contribution is 7.21. The van der Waals surface area contributed by atoms with Gasteiger partial charge in [-0.25, -0.2) is 0 Å². The van der Waals surface area contributed by atoms with Crippen LogP contribution in [-0.2, 0) is 0 Å². The largest absolute Gasteiger partial charge is 0.411 e. The van der Waals surface area contributed by atoms with Crippen LogP contribution >= 0.6 is 22.9 Å². The molecule has 0 saturated heterocycles. The smallest absolute Gasteiger partial charge is 0.0939 e. The molecule has 78 valence electrons. The number of benzene rings is 1. The van der Waals surface area contributed by atoms with Crippen molar-refractivity contribution in [1.29, 1.82) is 0 Å². The Morgan fingerprint density at radius 2 is 2.20 bits per heavy atom. The molecule has 4 heteroatoms. The van der Waals surface area contributed by atoms with E-state index in [1.807, 2.05) is 25.1 Å². The molecule has 1 N–H and O–H groups in total. The van der Waals surface area contributed by atoms with Crippen molar-refractivity contribution in [2.24, 2.45) is 5.16 Å². The first kappa shape index (κ1) is 10.5. The number of nitrogens with zero attached hydrogens (tertiary/aromatic N) is 1. The lowest BCUT2D eigenvalue weighted by atomic mass is 10.1. The molecule has 0 atom stereocenters. The highest BCUT2D eigenvalue weighted by Crippen LogP contribution is 2.32. The van der Waals surface area contributed by atoms with Gasteiger partial charge in [-0.15, -0.1) is 11.3 Å². The Bertz CT molecular complexity index is 545. The Balaban J connectivity index is 2.75. The van der Waals surface area contributed by atoms with Crippen LogP contribution in [-0.4, -0.2) is 10.9 Å². The van der Waals surface area contributed by atoms with Crippen LogP contribution in [0.15, 0.2) is 23.4 Å². The van der Waals surface area contributed by atoms with Crippen molar-refractivity contribution in [2.45, 2.75) is 13.8 Å².